The number of aromatic hydroxyl groups is 1. The van der Waals surface area contributed by atoms with Gasteiger partial charge in [0.2, 0.25) is 0 Å². The van der Waals surface area contributed by atoms with Gasteiger partial charge < -0.3 is 5.11 Å². The molecule has 4 heteroatoms. The lowest BCUT2D eigenvalue weighted by Gasteiger charge is -2.20. The number of pyridine rings is 2. The van der Waals surface area contributed by atoms with E-state index < -0.39 is 0 Å². The van der Waals surface area contributed by atoms with E-state index in [0.29, 0.717) is 23.1 Å². The van der Waals surface area contributed by atoms with Gasteiger partial charge in [-0.05, 0) is 29.8 Å². The maximum absolute atomic E-state index is 14.6. The number of nitrogens with zero attached hydrogens (tertiary/aromatic N) is 2. The standard InChI is InChI=1S/C22H17FN2O/c23-20-9-2-1-8-17(20)19(14-16-7-3-4-12-24-16)18-11-10-15-6-5-13-25-21(15)22(18)26/h1-13,19,26H,14H2. The van der Waals surface area contributed by atoms with Gasteiger partial charge in [-0.3, -0.25) is 9.97 Å². The minimum absolute atomic E-state index is 0.0901. The Balaban J connectivity index is 1.88. The van der Waals surface area contributed by atoms with Crippen molar-refractivity contribution in [3.8, 4) is 5.75 Å². The molecule has 0 aliphatic carbocycles. The Morgan fingerprint density at radius 2 is 1.62 bits per heavy atom. The fourth-order valence-corrected chi connectivity index (χ4v) is 3.30. The van der Waals surface area contributed by atoms with Gasteiger partial charge in [-0.2, -0.15) is 0 Å². The van der Waals surface area contributed by atoms with Crippen molar-refractivity contribution in [1.29, 1.82) is 0 Å². The molecule has 4 rings (SSSR count). The maximum Gasteiger partial charge on any atom is 0.145 e. The SMILES string of the molecule is Oc1c(C(Cc2ccccn2)c2ccccc2F)ccc2cccnc12. The van der Waals surface area contributed by atoms with Crippen LogP contribution in [-0.4, -0.2) is 15.1 Å². The van der Waals surface area contributed by atoms with Crippen LogP contribution < -0.4 is 0 Å². The average Bonchev–Trinajstić information content (AvgIpc) is 2.68. The third-order valence-electron chi connectivity index (χ3n) is 4.57. The number of phenols is 1. The second kappa shape index (κ2) is 6.92. The highest BCUT2D eigenvalue weighted by molar-refractivity contribution is 5.85. The Labute approximate surface area is 150 Å². The molecule has 2 aromatic heterocycles. The van der Waals surface area contributed by atoms with E-state index in [1.54, 1.807) is 30.6 Å². The Morgan fingerprint density at radius 3 is 2.42 bits per heavy atom. The van der Waals surface area contributed by atoms with Gasteiger partial charge in [-0.25, -0.2) is 4.39 Å². The molecule has 0 radical (unpaired) electrons. The van der Waals surface area contributed by atoms with Gasteiger partial charge in [0, 0.05) is 41.4 Å². The van der Waals surface area contributed by atoms with Crippen LogP contribution in [0.3, 0.4) is 0 Å². The summed E-state index contributed by atoms with van der Waals surface area (Å²) in [4.78, 5) is 8.66. The van der Waals surface area contributed by atoms with E-state index in [1.807, 2.05) is 42.5 Å². The molecular weight excluding hydrogens is 327 g/mol. The number of benzene rings is 2. The molecule has 0 aliphatic rings. The Morgan fingerprint density at radius 1 is 0.808 bits per heavy atom. The van der Waals surface area contributed by atoms with E-state index in [1.165, 1.54) is 6.07 Å². The lowest BCUT2D eigenvalue weighted by atomic mass is 9.85. The number of rotatable bonds is 4. The number of fused-ring (bicyclic) bond motifs is 1. The van der Waals surface area contributed by atoms with Crippen LogP contribution in [0.1, 0.15) is 22.7 Å². The fraction of sp³-hybridized carbons (Fsp3) is 0.0909. The van der Waals surface area contributed by atoms with Gasteiger partial charge in [0.05, 0.1) is 0 Å². The Hall–Kier alpha value is -3.27. The molecule has 0 bridgehead atoms. The number of hydrogen-bond donors (Lipinski definition) is 1. The minimum Gasteiger partial charge on any atom is -0.505 e. The van der Waals surface area contributed by atoms with E-state index in [-0.39, 0.29) is 17.5 Å². The quantitative estimate of drug-likeness (QED) is 0.576. The van der Waals surface area contributed by atoms with E-state index >= 15 is 0 Å². The molecule has 26 heavy (non-hydrogen) atoms. The van der Waals surface area contributed by atoms with Crippen LogP contribution in [0.5, 0.6) is 5.75 Å². The summed E-state index contributed by atoms with van der Waals surface area (Å²) in [5.74, 6) is -0.571. The van der Waals surface area contributed by atoms with E-state index in [2.05, 4.69) is 9.97 Å². The molecule has 0 aliphatic heterocycles. The van der Waals surface area contributed by atoms with Gasteiger partial charge in [-0.15, -0.1) is 0 Å². The van der Waals surface area contributed by atoms with Crippen molar-refractivity contribution >= 4 is 10.9 Å². The summed E-state index contributed by atoms with van der Waals surface area (Å²) in [6.07, 6.45) is 3.84. The minimum atomic E-state index is -0.363. The fourth-order valence-electron chi connectivity index (χ4n) is 3.30. The molecule has 2 aromatic carbocycles. The van der Waals surface area contributed by atoms with E-state index in [9.17, 15) is 9.50 Å². The normalized spacial score (nSPS) is 12.2. The maximum atomic E-state index is 14.6. The van der Waals surface area contributed by atoms with Gasteiger partial charge in [0.15, 0.2) is 0 Å². The summed E-state index contributed by atoms with van der Waals surface area (Å²) < 4.78 is 14.6. The van der Waals surface area contributed by atoms with Crippen molar-refractivity contribution in [1.82, 2.24) is 9.97 Å². The van der Waals surface area contributed by atoms with Crippen molar-refractivity contribution in [2.75, 3.05) is 0 Å². The van der Waals surface area contributed by atoms with Crippen LogP contribution in [-0.2, 0) is 6.42 Å². The van der Waals surface area contributed by atoms with Crippen LogP contribution in [0, 0.1) is 5.82 Å². The predicted molar refractivity (Wildman–Crippen MR) is 99.6 cm³/mol. The first-order valence-corrected chi connectivity index (χ1v) is 8.45. The summed E-state index contributed by atoms with van der Waals surface area (Å²) in [6.45, 7) is 0. The van der Waals surface area contributed by atoms with Crippen LogP contribution in [0.2, 0.25) is 0 Å². The lowest BCUT2D eigenvalue weighted by molar-refractivity contribution is 0.468. The number of aromatic nitrogens is 2. The number of halogens is 1. The predicted octanol–water partition coefficient (Wildman–Crippen LogP) is 4.85. The summed E-state index contributed by atoms with van der Waals surface area (Å²) in [5, 5.41) is 11.7. The van der Waals surface area contributed by atoms with E-state index in [0.717, 1.165) is 11.1 Å². The molecule has 3 nitrogen and oxygen atoms in total. The number of hydrogen-bond acceptors (Lipinski definition) is 3. The lowest BCUT2D eigenvalue weighted by Crippen LogP contribution is -2.09. The van der Waals surface area contributed by atoms with Crippen LogP contribution in [0.25, 0.3) is 10.9 Å². The van der Waals surface area contributed by atoms with Crippen molar-refractivity contribution in [3.05, 3.63) is 102 Å². The largest absolute Gasteiger partial charge is 0.505 e. The molecule has 0 amide bonds. The van der Waals surface area contributed by atoms with Crippen LogP contribution in [0.4, 0.5) is 4.39 Å². The average molecular weight is 344 g/mol. The molecule has 2 heterocycles. The van der Waals surface area contributed by atoms with Crippen molar-refractivity contribution in [3.63, 3.8) is 0 Å². The van der Waals surface area contributed by atoms with Crippen LogP contribution in [0.15, 0.2) is 79.1 Å². The van der Waals surface area contributed by atoms with Crippen molar-refractivity contribution < 1.29 is 9.50 Å². The van der Waals surface area contributed by atoms with Crippen LogP contribution >= 0.6 is 0 Å². The molecular formula is C22H17FN2O. The highest BCUT2D eigenvalue weighted by atomic mass is 19.1. The first kappa shape index (κ1) is 16.2. The zero-order chi connectivity index (χ0) is 17.9. The molecule has 1 unspecified atom stereocenters. The molecule has 1 atom stereocenters. The monoisotopic (exact) mass is 344 g/mol. The topological polar surface area (TPSA) is 46.0 Å². The number of phenolic OH excluding ortho intramolecular Hbond substituents is 1. The zero-order valence-corrected chi connectivity index (χ0v) is 14.0. The van der Waals surface area contributed by atoms with E-state index in [4.69, 9.17) is 0 Å². The zero-order valence-electron chi connectivity index (χ0n) is 14.0. The second-order valence-electron chi connectivity index (χ2n) is 6.18. The highest BCUT2D eigenvalue weighted by Crippen LogP contribution is 2.38. The third kappa shape index (κ3) is 3.02. The molecule has 128 valence electrons. The summed E-state index contributed by atoms with van der Waals surface area (Å²) in [6, 6.07) is 19.8. The summed E-state index contributed by atoms with van der Waals surface area (Å²) in [7, 11) is 0. The smallest absolute Gasteiger partial charge is 0.145 e. The molecule has 1 N–H and O–H groups in total. The first-order valence-electron chi connectivity index (χ1n) is 8.45. The highest BCUT2D eigenvalue weighted by Gasteiger charge is 2.23. The summed E-state index contributed by atoms with van der Waals surface area (Å²) >= 11 is 0. The summed E-state index contributed by atoms with van der Waals surface area (Å²) in [5.41, 5.74) is 2.53. The molecule has 0 saturated heterocycles. The van der Waals surface area contributed by atoms with Gasteiger partial charge >= 0.3 is 0 Å². The van der Waals surface area contributed by atoms with Crippen molar-refractivity contribution in [2.24, 2.45) is 0 Å². The molecule has 0 saturated carbocycles. The van der Waals surface area contributed by atoms with Gasteiger partial charge in [-0.1, -0.05) is 42.5 Å². The second-order valence-corrected chi connectivity index (χ2v) is 6.18. The third-order valence-corrected chi connectivity index (χ3v) is 4.57. The first-order chi connectivity index (χ1) is 12.7. The van der Waals surface area contributed by atoms with Gasteiger partial charge in [0.25, 0.3) is 0 Å². The molecule has 0 spiro atoms. The molecule has 4 aromatic rings. The Bertz CT molecular complexity index is 1050. The van der Waals surface area contributed by atoms with Gasteiger partial charge in [0.1, 0.15) is 17.1 Å². The van der Waals surface area contributed by atoms with Crippen molar-refractivity contribution in [2.45, 2.75) is 12.3 Å². The Kier molecular flexibility index (Phi) is 4.32. The molecule has 0 fully saturated rings.